The lowest BCUT2D eigenvalue weighted by atomic mass is 9.89. The van der Waals surface area contributed by atoms with Crippen LogP contribution in [0.5, 0.6) is 0 Å². The smallest absolute Gasteiger partial charge is 0.264 e. The van der Waals surface area contributed by atoms with Crippen LogP contribution < -0.4 is 0 Å². The molecule has 23 heavy (non-hydrogen) atoms. The number of oxime groups is 1. The molecule has 1 aliphatic rings. The highest BCUT2D eigenvalue weighted by Gasteiger charge is 2.19. The summed E-state index contributed by atoms with van der Waals surface area (Å²) in [4.78, 5) is 0.0865. The summed E-state index contributed by atoms with van der Waals surface area (Å²) in [5.74, 6) is 0.181. The minimum Gasteiger partial charge on any atom is -0.264 e. The minimum absolute atomic E-state index is 0.0865. The third-order valence-corrected chi connectivity index (χ3v) is 4.77. The molecular formula is C18H21NO3S. The van der Waals surface area contributed by atoms with Crippen molar-refractivity contribution in [2.75, 3.05) is 0 Å². The van der Waals surface area contributed by atoms with Crippen molar-refractivity contribution in [2.45, 2.75) is 32.6 Å². The SMILES string of the molecule is C=C1C=C(C(C)C)/C(=N\OS(=O)(=O)c2ccc(C)cc2)C=C1C. The van der Waals surface area contributed by atoms with Gasteiger partial charge in [-0.2, -0.15) is 8.42 Å². The van der Waals surface area contributed by atoms with Gasteiger partial charge in [-0.15, -0.1) is 0 Å². The van der Waals surface area contributed by atoms with Gasteiger partial charge in [0.05, 0.1) is 0 Å². The predicted molar refractivity (Wildman–Crippen MR) is 92.7 cm³/mol. The second kappa shape index (κ2) is 6.54. The lowest BCUT2D eigenvalue weighted by Gasteiger charge is -2.18. The van der Waals surface area contributed by atoms with Crippen LogP contribution in [0, 0.1) is 12.8 Å². The number of hydrogen-bond acceptors (Lipinski definition) is 4. The lowest BCUT2D eigenvalue weighted by molar-refractivity contribution is 0.339. The molecule has 5 heteroatoms. The van der Waals surface area contributed by atoms with E-state index in [0.717, 1.165) is 22.3 Å². The molecule has 0 saturated carbocycles. The van der Waals surface area contributed by atoms with Crippen LogP contribution in [0.4, 0.5) is 0 Å². The Morgan fingerprint density at radius 2 is 1.70 bits per heavy atom. The zero-order valence-corrected chi connectivity index (χ0v) is 14.6. The lowest BCUT2D eigenvalue weighted by Crippen LogP contribution is -2.13. The molecule has 0 aliphatic heterocycles. The highest BCUT2D eigenvalue weighted by molar-refractivity contribution is 7.86. The summed E-state index contributed by atoms with van der Waals surface area (Å²) in [5.41, 5.74) is 4.23. The van der Waals surface area contributed by atoms with Crippen LogP contribution in [0.3, 0.4) is 0 Å². The summed E-state index contributed by atoms with van der Waals surface area (Å²) in [7, 11) is -3.92. The third kappa shape index (κ3) is 3.99. The summed E-state index contributed by atoms with van der Waals surface area (Å²) >= 11 is 0. The van der Waals surface area contributed by atoms with Crippen LogP contribution in [0.1, 0.15) is 26.3 Å². The van der Waals surface area contributed by atoms with Crippen molar-refractivity contribution in [3.8, 4) is 0 Å². The van der Waals surface area contributed by atoms with Gasteiger partial charge in [0, 0.05) is 0 Å². The van der Waals surface area contributed by atoms with Crippen LogP contribution >= 0.6 is 0 Å². The Balaban J connectivity index is 2.32. The first-order valence-corrected chi connectivity index (χ1v) is 8.79. The van der Waals surface area contributed by atoms with Crippen molar-refractivity contribution in [1.29, 1.82) is 0 Å². The van der Waals surface area contributed by atoms with Gasteiger partial charge < -0.3 is 0 Å². The van der Waals surface area contributed by atoms with Gasteiger partial charge in [0.15, 0.2) is 0 Å². The van der Waals surface area contributed by atoms with Gasteiger partial charge in [-0.3, -0.25) is 4.28 Å². The third-order valence-electron chi connectivity index (χ3n) is 3.65. The zero-order chi connectivity index (χ0) is 17.2. The summed E-state index contributed by atoms with van der Waals surface area (Å²) in [6.45, 7) is 11.8. The molecule has 0 heterocycles. The molecule has 0 N–H and O–H groups in total. The first kappa shape index (κ1) is 17.2. The molecule has 2 rings (SSSR count). The van der Waals surface area contributed by atoms with Crippen molar-refractivity contribution >= 4 is 15.8 Å². The van der Waals surface area contributed by atoms with E-state index in [-0.39, 0.29) is 10.8 Å². The van der Waals surface area contributed by atoms with E-state index in [0.29, 0.717) is 5.71 Å². The molecule has 0 unspecified atom stereocenters. The quantitative estimate of drug-likeness (QED) is 0.779. The summed E-state index contributed by atoms with van der Waals surface area (Å²) in [6, 6.07) is 6.46. The van der Waals surface area contributed by atoms with Crippen LogP contribution in [0.15, 0.2) is 69.8 Å². The van der Waals surface area contributed by atoms with E-state index in [1.807, 2.05) is 33.8 Å². The number of aryl methyl sites for hydroxylation is 1. The molecule has 0 spiro atoms. The Kier molecular flexibility index (Phi) is 4.90. The van der Waals surface area contributed by atoms with Crippen LogP contribution in [-0.2, 0) is 14.4 Å². The fourth-order valence-corrected chi connectivity index (χ4v) is 2.87. The first-order valence-electron chi connectivity index (χ1n) is 7.38. The summed E-state index contributed by atoms with van der Waals surface area (Å²) in [6.07, 6.45) is 3.71. The van der Waals surface area contributed by atoms with Crippen molar-refractivity contribution in [3.63, 3.8) is 0 Å². The Bertz CT molecular complexity index is 810. The number of benzene rings is 1. The molecule has 0 fully saturated rings. The Labute approximate surface area is 138 Å². The number of allylic oxidation sites excluding steroid dienone is 5. The molecular weight excluding hydrogens is 310 g/mol. The maximum Gasteiger partial charge on any atom is 0.358 e. The second-order valence-corrected chi connectivity index (χ2v) is 7.45. The number of nitrogens with zero attached hydrogens (tertiary/aromatic N) is 1. The van der Waals surface area contributed by atoms with E-state index in [1.54, 1.807) is 18.2 Å². The van der Waals surface area contributed by atoms with E-state index in [4.69, 9.17) is 4.28 Å². The van der Waals surface area contributed by atoms with Gasteiger partial charge in [0.25, 0.3) is 0 Å². The molecule has 122 valence electrons. The van der Waals surface area contributed by atoms with E-state index < -0.39 is 10.1 Å². The Morgan fingerprint density at radius 3 is 2.26 bits per heavy atom. The maximum atomic E-state index is 12.2. The van der Waals surface area contributed by atoms with Crippen LogP contribution in [0.2, 0.25) is 0 Å². The van der Waals surface area contributed by atoms with E-state index in [2.05, 4.69) is 11.7 Å². The van der Waals surface area contributed by atoms with Gasteiger partial charge in [-0.1, -0.05) is 43.3 Å². The average molecular weight is 331 g/mol. The molecule has 0 radical (unpaired) electrons. The molecule has 0 saturated heterocycles. The molecule has 0 amide bonds. The summed E-state index contributed by atoms with van der Waals surface area (Å²) in [5, 5.41) is 3.88. The molecule has 0 atom stereocenters. The van der Waals surface area contributed by atoms with Gasteiger partial charge in [-0.25, -0.2) is 0 Å². The van der Waals surface area contributed by atoms with Crippen LogP contribution in [-0.4, -0.2) is 14.1 Å². The molecule has 1 aliphatic carbocycles. The average Bonchev–Trinajstić information content (AvgIpc) is 2.48. The molecule has 0 aromatic heterocycles. The van der Waals surface area contributed by atoms with Gasteiger partial charge in [-0.05, 0) is 60.8 Å². The van der Waals surface area contributed by atoms with Crippen molar-refractivity contribution < 1.29 is 12.7 Å². The van der Waals surface area contributed by atoms with E-state index in [9.17, 15) is 8.42 Å². The minimum atomic E-state index is -3.92. The fourth-order valence-electron chi connectivity index (χ4n) is 2.14. The molecule has 4 nitrogen and oxygen atoms in total. The Hall–Kier alpha value is -2.14. The molecule has 1 aromatic rings. The molecule has 0 bridgehead atoms. The van der Waals surface area contributed by atoms with Crippen molar-refractivity contribution in [3.05, 3.63) is 65.3 Å². The fraction of sp³-hybridized carbons (Fsp3) is 0.278. The zero-order valence-electron chi connectivity index (χ0n) is 13.8. The number of rotatable bonds is 4. The largest absolute Gasteiger partial charge is 0.358 e. The van der Waals surface area contributed by atoms with E-state index in [1.165, 1.54) is 12.1 Å². The van der Waals surface area contributed by atoms with Gasteiger partial charge in [0.2, 0.25) is 0 Å². The van der Waals surface area contributed by atoms with Crippen LogP contribution in [0.25, 0.3) is 0 Å². The van der Waals surface area contributed by atoms with Gasteiger partial charge in [0.1, 0.15) is 10.6 Å². The van der Waals surface area contributed by atoms with E-state index >= 15 is 0 Å². The van der Waals surface area contributed by atoms with Gasteiger partial charge >= 0.3 is 10.1 Å². The second-order valence-electron chi connectivity index (χ2n) is 5.93. The standard InChI is InChI=1S/C18H21NO3S/c1-12(2)17-10-14(4)15(5)11-18(17)19-22-23(20,21)16-8-6-13(3)7-9-16/h6-12H,4H2,1-3,5H3/b19-18-. The Morgan fingerprint density at radius 1 is 1.09 bits per heavy atom. The molecule has 1 aromatic carbocycles. The first-order chi connectivity index (χ1) is 10.7. The predicted octanol–water partition coefficient (Wildman–Crippen LogP) is 4.15. The van der Waals surface area contributed by atoms with Crippen molar-refractivity contribution in [2.24, 2.45) is 11.1 Å². The van der Waals surface area contributed by atoms with Crippen molar-refractivity contribution in [1.82, 2.24) is 0 Å². The number of hydrogen-bond donors (Lipinski definition) is 0. The highest BCUT2D eigenvalue weighted by atomic mass is 32.2. The highest BCUT2D eigenvalue weighted by Crippen LogP contribution is 2.25. The maximum absolute atomic E-state index is 12.2. The summed E-state index contributed by atoms with van der Waals surface area (Å²) < 4.78 is 29.3. The normalized spacial score (nSPS) is 17.3. The monoisotopic (exact) mass is 331 g/mol. The topological polar surface area (TPSA) is 55.7 Å².